The molecule has 37 heavy (non-hydrogen) atoms. The summed E-state index contributed by atoms with van der Waals surface area (Å²) in [7, 11) is 0. The van der Waals surface area contributed by atoms with Gasteiger partial charge in [0.1, 0.15) is 11.3 Å². The molecule has 9 heteroatoms. The van der Waals surface area contributed by atoms with Crippen LogP contribution in [0.2, 0.25) is 0 Å². The van der Waals surface area contributed by atoms with Crippen LogP contribution in [-0.2, 0) is 25.9 Å². The highest BCUT2D eigenvalue weighted by Gasteiger charge is 2.19. The van der Waals surface area contributed by atoms with Crippen molar-refractivity contribution in [2.75, 3.05) is 32.7 Å². The number of hydrogen-bond acceptors (Lipinski definition) is 6. The van der Waals surface area contributed by atoms with Crippen LogP contribution in [0.5, 0.6) is 0 Å². The SMILES string of the molecule is CCc1nn(Cc2ccn(CCN3CCNCC3)n2)c2cccc(CC(=O)c3cnc4ccccn34)c12. The van der Waals surface area contributed by atoms with Crippen LogP contribution in [0.4, 0.5) is 0 Å². The lowest BCUT2D eigenvalue weighted by Crippen LogP contribution is -2.44. The lowest BCUT2D eigenvalue weighted by molar-refractivity contribution is 0.0987. The molecule has 6 rings (SSSR count). The van der Waals surface area contributed by atoms with E-state index < -0.39 is 0 Å². The number of pyridine rings is 1. The van der Waals surface area contributed by atoms with Gasteiger partial charge in [0.2, 0.25) is 0 Å². The number of fused-ring (bicyclic) bond motifs is 2. The molecule has 1 saturated heterocycles. The third-order valence-electron chi connectivity index (χ3n) is 7.19. The Labute approximate surface area is 215 Å². The Balaban J connectivity index is 1.22. The number of hydrogen-bond donors (Lipinski definition) is 1. The van der Waals surface area contributed by atoms with Gasteiger partial charge in [-0.3, -0.25) is 23.5 Å². The number of Topliss-reactive ketones (excluding diaryl/α,β-unsaturated/α-hetero) is 1. The van der Waals surface area contributed by atoms with Gasteiger partial charge in [0.15, 0.2) is 5.78 Å². The number of carbonyl (C=O) groups is 1. The number of aryl methyl sites for hydroxylation is 1. The van der Waals surface area contributed by atoms with E-state index in [4.69, 9.17) is 10.2 Å². The minimum atomic E-state index is 0.0456. The van der Waals surface area contributed by atoms with Crippen molar-refractivity contribution in [1.29, 1.82) is 0 Å². The molecule has 0 unspecified atom stereocenters. The molecule has 5 aromatic rings. The molecule has 9 nitrogen and oxygen atoms in total. The molecule has 5 heterocycles. The fraction of sp³-hybridized carbons (Fsp3) is 0.357. The highest BCUT2D eigenvalue weighted by atomic mass is 16.1. The Morgan fingerprint density at radius 3 is 2.76 bits per heavy atom. The summed E-state index contributed by atoms with van der Waals surface area (Å²) in [5.74, 6) is 0.0456. The van der Waals surface area contributed by atoms with Gasteiger partial charge in [0.25, 0.3) is 0 Å². The van der Waals surface area contributed by atoms with Gasteiger partial charge >= 0.3 is 0 Å². The van der Waals surface area contributed by atoms with E-state index in [9.17, 15) is 4.79 Å². The highest BCUT2D eigenvalue weighted by molar-refractivity contribution is 5.99. The zero-order valence-electron chi connectivity index (χ0n) is 21.2. The first-order valence-corrected chi connectivity index (χ1v) is 13.1. The fourth-order valence-corrected chi connectivity index (χ4v) is 5.25. The normalized spacial score (nSPS) is 14.6. The first-order valence-electron chi connectivity index (χ1n) is 13.1. The topological polar surface area (TPSA) is 85.3 Å². The molecule has 0 atom stereocenters. The van der Waals surface area contributed by atoms with Crippen LogP contribution < -0.4 is 5.32 Å². The molecule has 0 saturated carbocycles. The molecule has 1 N–H and O–H groups in total. The van der Waals surface area contributed by atoms with Crippen LogP contribution in [0.1, 0.15) is 34.4 Å². The van der Waals surface area contributed by atoms with Crippen LogP contribution in [0.25, 0.3) is 16.6 Å². The number of nitrogens with zero attached hydrogens (tertiary/aromatic N) is 7. The van der Waals surface area contributed by atoms with Crippen LogP contribution in [-0.4, -0.2) is 72.4 Å². The Morgan fingerprint density at radius 1 is 1.00 bits per heavy atom. The molecule has 1 aliphatic rings. The third-order valence-corrected chi connectivity index (χ3v) is 7.19. The summed E-state index contributed by atoms with van der Waals surface area (Å²) in [5.41, 5.74) is 5.41. The van der Waals surface area contributed by atoms with Gasteiger partial charge in [-0.15, -0.1) is 0 Å². The zero-order valence-corrected chi connectivity index (χ0v) is 21.2. The van der Waals surface area contributed by atoms with E-state index in [-0.39, 0.29) is 5.78 Å². The largest absolute Gasteiger partial charge is 0.314 e. The van der Waals surface area contributed by atoms with E-state index in [0.717, 1.165) is 79.2 Å². The maximum absolute atomic E-state index is 13.3. The molecule has 0 spiro atoms. The molecule has 1 aromatic carbocycles. The van der Waals surface area contributed by atoms with Gasteiger partial charge in [-0.05, 0) is 36.2 Å². The van der Waals surface area contributed by atoms with Crippen molar-refractivity contribution in [2.24, 2.45) is 0 Å². The summed E-state index contributed by atoms with van der Waals surface area (Å²) in [6.45, 7) is 8.91. The number of aromatic nitrogens is 6. The quantitative estimate of drug-likeness (QED) is 0.316. The molecule has 0 radical (unpaired) electrons. The smallest absolute Gasteiger partial charge is 0.185 e. The van der Waals surface area contributed by atoms with Crippen LogP contribution in [0.15, 0.2) is 61.1 Å². The zero-order chi connectivity index (χ0) is 25.2. The number of piperazine rings is 1. The molecule has 1 fully saturated rings. The van der Waals surface area contributed by atoms with E-state index >= 15 is 0 Å². The fourth-order valence-electron chi connectivity index (χ4n) is 5.25. The van der Waals surface area contributed by atoms with Gasteiger partial charge < -0.3 is 5.32 Å². The van der Waals surface area contributed by atoms with Crippen molar-refractivity contribution in [2.45, 2.75) is 32.9 Å². The van der Waals surface area contributed by atoms with Gasteiger partial charge in [0.05, 0.1) is 36.2 Å². The summed E-state index contributed by atoms with van der Waals surface area (Å²) >= 11 is 0. The maximum Gasteiger partial charge on any atom is 0.185 e. The Bertz CT molecular complexity index is 1540. The second-order valence-corrected chi connectivity index (χ2v) is 9.60. The van der Waals surface area contributed by atoms with E-state index in [1.54, 1.807) is 6.20 Å². The van der Waals surface area contributed by atoms with Gasteiger partial charge in [0, 0.05) is 56.9 Å². The predicted molar refractivity (Wildman–Crippen MR) is 143 cm³/mol. The number of carbonyl (C=O) groups excluding carboxylic acids is 1. The minimum absolute atomic E-state index is 0.0456. The number of ketones is 1. The predicted octanol–water partition coefficient (Wildman–Crippen LogP) is 2.82. The van der Waals surface area contributed by atoms with E-state index in [1.807, 2.05) is 50.3 Å². The summed E-state index contributed by atoms with van der Waals surface area (Å²) in [4.78, 5) is 20.2. The number of imidazole rings is 1. The minimum Gasteiger partial charge on any atom is -0.314 e. The van der Waals surface area contributed by atoms with Crippen molar-refractivity contribution in [3.05, 3.63) is 83.7 Å². The Kier molecular flexibility index (Phi) is 6.55. The molecule has 0 amide bonds. The molecular weight excluding hydrogens is 464 g/mol. The average molecular weight is 497 g/mol. The highest BCUT2D eigenvalue weighted by Crippen LogP contribution is 2.26. The molecule has 0 bridgehead atoms. The third kappa shape index (κ3) is 4.80. The van der Waals surface area contributed by atoms with Gasteiger partial charge in [-0.1, -0.05) is 25.1 Å². The molecular formula is C28H32N8O. The average Bonchev–Trinajstić information content (AvgIpc) is 3.66. The van der Waals surface area contributed by atoms with Gasteiger partial charge in [-0.2, -0.15) is 10.2 Å². The second-order valence-electron chi connectivity index (χ2n) is 9.60. The summed E-state index contributed by atoms with van der Waals surface area (Å²) in [6, 6.07) is 14.0. The summed E-state index contributed by atoms with van der Waals surface area (Å²) in [6.07, 6.45) is 6.71. The van der Waals surface area contributed by atoms with Crippen LogP contribution in [0.3, 0.4) is 0 Å². The van der Waals surface area contributed by atoms with Crippen molar-refractivity contribution in [3.63, 3.8) is 0 Å². The van der Waals surface area contributed by atoms with Crippen LogP contribution >= 0.6 is 0 Å². The first-order chi connectivity index (χ1) is 18.2. The van der Waals surface area contributed by atoms with Gasteiger partial charge in [-0.25, -0.2) is 4.98 Å². The van der Waals surface area contributed by atoms with Crippen LogP contribution in [0, 0.1) is 0 Å². The monoisotopic (exact) mass is 496 g/mol. The van der Waals surface area contributed by atoms with E-state index in [2.05, 4.69) is 40.5 Å². The number of nitrogens with one attached hydrogen (secondary N) is 1. The van der Waals surface area contributed by atoms with Crippen molar-refractivity contribution < 1.29 is 4.79 Å². The Hall–Kier alpha value is -3.82. The number of rotatable bonds is 9. The summed E-state index contributed by atoms with van der Waals surface area (Å²) < 4.78 is 5.91. The van der Waals surface area contributed by atoms with Crippen molar-refractivity contribution in [1.82, 2.24) is 39.2 Å². The lowest BCUT2D eigenvalue weighted by Gasteiger charge is -2.26. The molecule has 190 valence electrons. The van der Waals surface area contributed by atoms with Crippen molar-refractivity contribution in [3.8, 4) is 0 Å². The number of benzene rings is 1. The standard InChI is InChI=1S/C28H32N8O/c1-2-23-28-21(18-26(37)25-19-30-27-8-3-4-12-35(25)27)6-5-7-24(28)36(32-23)20-22-9-13-34(31-22)17-16-33-14-10-29-11-15-33/h3-9,12-13,19,29H,2,10-11,14-18,20H2,1H3. The molecule has 0 aliphatic carbocycles. The first kappa shape index (κ1) is 23.6. The second kappa shape index (κ2) is 10.3. The maximum atomic E-state index is 13.3. The molecule has 4 aromatic heterocycles. The van der Waals surface area contributed by atoms with Crippen molar-refractivity contribution >= 4 is 22.3 Å². The van der Waals surface area contributed by atoms with E-state index in [1.165, 1.54) is 0 Å². The Morgan fingerprint density at radius 2 is 1.89 bits per heavy atom. The summed E-state index contributed by atoms with van der Waals surface area (Å²) in [5, 5.41) is 14.2. The lowest BCUT2D eigenvalue weighted by atomic mass is 10.0. The molecule has 1 aliphatic heterocycles. The van der Waals surface area contributed by atoms with E-state index in [0.29, 0.717) is 18.7 Å².